The lowest BCUT2D eigenvalue weighted by atomic mass is 10.2. The van der Waals surface area contributed by atoms with Crippen LogP contribution in [0.4, 0.5) is 31.8 Å². The molecule has 0 bridgehead atoms. The Labute approximate surface area is 199 Å². The molecule has 0 saturated carbocycles. The molecule has 0 atom stereocenters. The Morgan fingerprint density at radius 1 is 1.11 bits per heavy atom. The molecule has 5 rings (SSSR count). The zero-order valence-corrected chi connectivity index (χ0v) is 18.5. The third-order valence-electron chi connectivity index (χ3n) is 5.51. The van der Waals surface area contributed by atoms with Crippen molar-refractivity contribution >= 4 is 40.0 Å². The van der Waals surface area contributed by atoms with Crippen LogP contribution in [0.15, 0.2) is 61.4 Å². The summed E-state index contributed by atoms with van der Waals surface area (Å²) in [5.74, 6) is -2.22. The number of morpholine rings is 1. The molecular weight excluding hydrogens is 456 g/mol. The van der Waals surface area contributed by atoms with Gasteiger partial charge in [-0.2, -0.15) is 10.1 Å². The van der Waals surface area contributed by atoms with E-state index in [0.29, 0.717) is 48.7 Å². The van der Waals surface area contributed by atoms with Crippen LogP contribution >= 0.6 is 0 Å². The Morgan fingerprint density at radius 3 is 2.74 bits per heavy atom. The summed E-state index contributed by atoms with van der Waals surface area (Å²) in [5.41, 5.74) is 1.74. The second kappa shape index (κ2) is 9.47. The van der Waals surface area contributed by atoms with Gasteiger partial charge in [0, 0.05) is 25.0 Å². The van der Waals surface area contributed by atoms with Gasteiger partial charge in [0.1, 0.15) is 0 Å². The monoisotopic (exact) mass is 477 g/mol. The van der Waals surface area contributed by atoms with Gasteiger partial charge in [0.2, 0.25) is 11.9 Å². The maximum atomic E-state index is 14.9. The first-order chi connectivity index (χ1) is 17.0. The lowest BCUT2D eigenvalue weighted by Crippen LogP contribution is -2.36. The average molecular weight is 477 g/mol. The summed E-state index contributed by atoms with van der Waals surface area (Å²) in [4.78, 5) is 22.0. The second-order valence-corrected chi connectivity index (χ2v) is 7.76. The van der Waals surface area contributed by atoms with Crippen LogP contribution in [0.5, 0.6) is 0 Å². The van der Waals surface area contributed by atoms with Crippen LogP contribution in [0, 0.1) is 11.6 Å². The molecule has 35 heavy (non-hydrogen) atoms. The van der Waals surface area contributed by atoms with Crippen LogP contribution < -0.4 is 15.5 Å². The number of aromatic nitrogens is 4. The molecule has 1 fully saturated rings. The average Bonchev–Trinajstić information content (AvgIpc) is 3.31. The van der Waals surface area contributed by atoms with Crippen molar-refractivity contribution in [3.05, 3.63) is 73.1 Å². The number of ether oxygens (including phenoxy) is 1. The molecule has 1 saturated heterocycles. The van der Waals surface area contributed by atoms with Gasteiger partial charge < -0.3 is 20.3 Å². The summed E-state index contributed by atoms with van der Waals surface area (Å²) in [6.07, 6.45) is 4.30. The molecule has 11 heteroatoms. The van der Waals surface area contributed by atoms with Gasteiger partial charge in [0.25, 0.3) is 0 Å². The van der Waals surface area contributed by atoms with Gasteiger partial charge in [-0.3, -0.25) is 4.79 Å². The van der Waals surface area contributed by atoms with E-state index in [9.17, 15) is 13.6 Å². The molecule has 1 aliphatic rings. The van der Waals surface area contributed by atoms with Crippen molar-refractivity contribution in [2.24, 2.45) is 0 Å². The molecule has 4 aromatic rings. The molecule has 0 aliphatic carbocycles. The summed E-state index contributed by atoms with van der Waals surface area (Å²) < 4.78 is 36.5. The molecule has 0 spiro atoms. The third-order valence-corrected chi connectivity index (χ3v) is 5.51. The fourth-order valence-corrected chi connectivity index (χ4v) is 3.78. The van der Waals surface area contributed by atoms with Crippen LogP contribution in [-0.2, 0) is 9.53 Å². The van der Waals surface area contributed by atoms with Crippen molar-refractivity contribution in [2.45, 2.75) is 0 Å². The SMILES string of the molecule is C=CC(=O)Nc1cccc(-n2ncc3cnc(Nc4ccc(N5CCOCC5)c(F)c4F)nc32)c1. The highest BCUT2D eigenvalue weighted by Crippen LogP contribution is 2.29. The van der Waals surface area contributed by atoms with Crippen LogP contribution in [0.1, 0.15) is 0 Å². The smallest absolute Gasteiger partial charge is 0.247 e. The Balaban J connectivity index is 1.44. The second-order valence-electron chi connectivity index (χ2n) is 7.76. The molecule has 2 N–H and O–H groups in total. The predicted molar refractivity (Wildman–Crippen MR) is 128 cm³/mol. The summed E-state index contributed by atoms with van der Waals surface area (Å²) >= 11 is 0. The van der Waals surface area contributed by atoms with Crippen molar-refractivity contribution < 1.29 is 18.3 Å². The quantitative estimate of drug-likeness (QED) is 0.408. The number of hydrogen-bond donors (Lipinski definition) is 2. The van der Waals surface area contributed by atoms with E-state index in [1.807, 2.05) is 0 Å². The Bertz CT molecular complexity index is 1420. The third kappa shape index (κ3) is 4.53. The van der Waals surface area contributed by atoms with Crippen molar-refractivity contribution in [3.8, 4) is 5.69 Å². The highest BCUT2D eigenvalue weighted by molar-refractivity contribution is 5.99. The molecule has 0 radical (unpaired) electrons. The van der Waals surface area contributed by atoms with Crippen molar-refractivity contribution in [1.29, 1.82) is 0 Å². The van der Waals surface area contributed by atoms with Gasteiger partial charge in [-0.25, -0.2) is 18.4 Å². The van der Waals surface area contributed by atoms with Gasteiger partial charge in [-0.15, -0.1) is 0 Å². The number of halogens is 2. The number of fused-ring (bicyclic) bond motifs is 1. The molecule has 1 amide bonds. The minimum Gasteiger partial charge on any atom is -0.378 e. The number of benzene rings is 2. The number of carbonyl (C=O) groups is 1. The highest BCUT2D eigenvalue weighted by Gasteiger charge is 2.21. The van der Waals surface area contributed by atoms with E-state index in [-0.39, 0.29) is 23.2 Å². The standard InChI is InChI=1S/C24H21F2N7O2/c1-2-20(34)29-16-4-3-5-17(12-16)33-23-15(14-28-33)13-27-24(31-23)30-18-6-7-19(22(26)21(18)25)32-8-10-35-11-9-32/h2-7,12-14H,1,8-11H2,(H,29,34)(H,27,30,31). The van der Waals surface area contributed by atoms with E-state index in [4.69, 9.17) is 4.74 Å². The number of carbonyl (C=O) groups excluding carboxylic acids is 1. The minimum absolute atomic E-state index is 0.0767. The van der Waals surface area contributed by atoms with Gasteiger partial charge in [-0.1, -0.05) is 12.6 Å². The molecule has 0 unspecified atom stereocenters. The van der Waals surface area contributed by atoms with E-state index < -0.39 is 11.6 Å². The molecule has 178 valence electrons. The number of nitrogens with zero attached hydrogens (tertiary/aromatic N) is 5. The molecular formula is C24H21F2N7O2. The van der Waals surface area contributed by atoms with Crippen LogP contribution in [0.2, 0.25) is 0 Å². The van der Waals surface area contributed by atoms with Crippen molar-refractivity contribution in [1.82, 2.24) is 19.7 Å². The van der Waals surface area contributed by atoms with E-state index in [1.54, 1.807) is 40.0 Å². The fourth-order valence-electron chi connectivity index (χ4n) is 3.78. The molecule has 3 heterocycles. The minimum atomic E-state index is -1.02. The highest BCUT2D eigenvalue weighted by atomic mass is 19.2. The number of rotatable bonds is 6. The molecule has 1 aliphatic heterocycles. The number of amides is 1. The van der Waals surface area contributed by atoms with Gasteiger partial charge in [0.15, 0.2) is 17.3 Å². The Hall–Kier alpha value is -4.38. The Kier molecular flexibility index (Phi) is 6.06. The fraction of sp³-hybridized carbons (Fsp3) is 0.167. The van der Waals surface area contributed by atoms with Gasteiger partial charge in [0.05, 0.1) is 41.9 Å². The maximum absolute atomic E-state index is 14.9. The van der Waals surface area contributed by atoms with Crippen molar-refractivity contribution in [3.63, 3.8) is 0 Å². The summed E-state index contributed by atoms with van der Waals surface area (Å²) in [5, 5.41) is 10.5. The van der Waals surface area contributed by atoms with Crippen LogP contribution in [0.25, 0.3) is 16.7 Å². The predicted octanol–water partition coefficient (Wildman–Crippen LogP) is 3.80. The first kappa shape index (κ1) is 22.4. The van der Waals surface area contributed by atoms with Crippen molar-refractivity contribution in [2.75, 3.05) is 41.8 Å². The Morgan fingerprint density at radius 2 is 1.94 bits per heavy atom. The summed E-state index contributed by atoms with van der Waals surface area (Å²) in [7, 11) is 0. The summed E-state index contributed by atoms with van der Waals surface area (Å²) in [6, 6.07) is 10.00. The number of hydrogen-bond acceptors (Lipinski definition) is 7. The zero-order chi connectivity index (χ0) is 24.4. The van der Waals surface area contributed by atoms with Gasteiger partial charge >= 0.3 is 0 Å². The zero-order valence-electron chi connectivity index (χ0n) is 18.5. The lowest BCUT2D eigenvalue weighted by Gasteiger charge is -2.29. The molecule has 9 nitrogen and oxygen atoms in total. The summed E-state index contributed by atoms with van der Waals surface area (Å²) in [6.45, 7) is 5.35. The first-order valence-electron chi connectivity index (χ1n) is 10.9. The van der Waals surface area contributed by atoms with Crippen LogP contribution in [-0.4, -0.2) is 52.0 Å². The molecule has 2 aromatic heterocycles. The normalized spacial score (nSPS) is 13.6. The molecule has 2 aromatic carbocycles. The number of nitrogens with one attached hydrogen (secondary N) is 2. The van der Waals surface area contributed by atoms with E-state index >= 15 is 0 Å². The van der Waals surface area contributed by atoms with E-state index in [0.717, 1.165) is 0 Å². The van der Waals surface area contributed by atoms with Gasteiger partial charge in [-0.05, 0) is 36.4 Å². The lowest BCUT2D eigenvalue weighted by molar-refractivity contribution is -0.111. The first-order valence-corrected chi connectivity index (χ1v) is 10.9. The van der Waals surface area contributed by atoms with Crippen LogP contribution in [0.3, 0.4) is 0 Å². The largest absolute Gasteiger partial charge is 0.378 e. The van der Waals surface area contributed by atoms with E-state index in [2.05, 4.69) is 32.3 Å². The topological polar surface area (TPSA) is 97.2 Å². The maximum Gasteiger partial charge on any atom is 0.247 e. The number of anilines is 4. The van der Waals surface area contributed by atoms with E-state index in [1.165, 1.54) is 24.4 Å².